The molecule has 0 unspecified atom stereocenters. The summed E-state index contributed by atoms with van der Waals surface area (Å²) >= 11 is 0. The predicted molar refractivity (Wildman–Crippen MR) is 141 cm³/mol. The first kappa shape index (κ1) is 27.5. The summed E-state index contributed by atoms with van der Waals surface area (Å²) in [5, 5.41) is 0. The summed E-state index contributed by atoms with van der Waals surface area (Å²) in [5.74, 6) is 1.31. The Bertz CT molecular complexity index is 857. The smallest absolute Gasteiger partial charge is 0.231 e. The zero-order valence-corrected chi connectivity index (χ0v) is 21.3. The van der Waals surface area contributed by atoms with Gasteiger partial charge in [-0.15, -0.1) is 0 Å². The molecule has 2 rings (SSSR count). The summed E-state index contributed by atoms with van der Waals surface area (Å²) in [5.41, 5.74) is 1.42. The standard InChI is InChI=1S/C30H42O4/c1-4-7-13-21-32-27-20-16-19-26(30(27)34-23-15-9-6-3)29(31)28(33-22-14-8-5-2)24-25-17-11-10-12-18-25/h10-12,16-20,24H,4-9,13-15,21-23H2,1-3H3. The topological polar surface area (TPSA) is 44.8 Å². The predicted octanol–water partition coefficient (Wildman–Crippen LogP) is 8.26. The maximum Gasteiger partial charge on any atom is 0.231 e. The van der Waals surface area contributed by atoms with Crippen molar-refractivity contribution in [3.63, 3.8) is 0 Å². The number of para-hydroxylation sites is 1. The Hall–Kier alpha value is -2.75. The van der Waals surface area contributed by atoms with Crippen molar-refractivity contribution in [2.45, 2.75) is 78.6 Å². The van der Waals surface area contributed by atoms with E-state index >= 15 is 0 Å². The van der Waals surface area contributed by atoms with E-state index in [9.17, 15) is 4.79 Å². The number of allylic oxidation sites excluding steroid dienone is 1. The molecule has 0 N–H and O–H groups in total. The summed E-state index contributed by atoms with van der Waals surface area (Å²) in [6.45, 7) is 8.16. The van der Waals surface area contributed by atoms with E-state index in [2.05, 4.69) is 20.8 Å². The molecular weight excluding hydrogens is 424 g/mol. The van der Waals surface area contributed by atoms with E-state index in [1.54, 1.807) is 0 Å². The second-order valence-corrected chi connectivity index (χ2v) is 8.55. The fourth-order valence-corrected chi connectivity index (χ4v) is 3.56. The summed E-state index contributed by atoms with van der Waals surface area (Å²) in [6.07, 6.45) is 11.3. The summed E-state index contributed by atoms with van der Waals surface area (Å²) < 4.78 is 18.3. The lowest BCUT2D eigenvalue weighted by molar-refractivity contribution is 0.0914. The highest BCUT2D eigenvalue weighted by Crippen LogP contribution is 2.34. The van der Waals surface area contributed by atoms with Crippen LogP contribution in [0, 0.1) is 0 Å². The number of benzene rings is 2. The Kier molecular flexibility index (Phi) is 13.6. The number of hydrogen-bond donors (Lipinski definition) is 0. The monoisotopic (exact) mass is 466 g/mol. The van der Waals surface area contributed by atoms with Gasteiger partial charge >= 0.3 is 0 Å². The van der Waals surface area contributed by atoms with E-state index in [-0.39, 0.29) is 5.78 Å². The summed E-state index contributed by atoms with van der Waals surface area (Å²) in [4.78, 5) is 13.7. The second kappa shape index (κ2) is 16.8. The Morgan fingerprint density at radius 3 is 1.97 bits per heavy atom. The zero-order valence-electron chi connectivity index (χ0n) is 21.3. The molecule has 0 aliphatic heterocycles. The van der Waals surface area contributed by atoms with Crippen LogP contribution in [0.1, 0.15) is 94.5 Å². The van der Waals surface area contributed by atoms with Crippen LogP contribution in [0.3, 0.4) is 0 Å². The van der Waals surface area contributed by atoms with Crippen molar-refractivity contribution >= 4 is 11.9 Å². The summed E-state index contributed by atoms with van der Waals surface area (Å²) in [6, 6.07) is 15.4. The largest absolute Gasteiger partial charge is 0.490 e. The normalized spacial score (nSPS) is 11.3. The number of Topliss-reactive ketones (excluding diaryl/α,β-unsaturated/α-hetero) is 1. The first-order chi connectivity index (χ1) is 16.7. The molecule has 0 fully saturated rings. The SMILES string of the molecule is CCCCCOC(=Cc1ccccc1)C(=O)c1cccc(OCCCCC)c1OCCCCC. The molecule has 0 atom stereocenters. The average Bonchev–Trinajstić information content (AvgIpc) is 2.87. The van der Waals surface area contributed by atoms with Gasteiger partial charge in [-0.25, -0.2) is 0 Å². The average molecular weight is 467 g/mol. The van der Waals surface area contributed by atoms with Gasteiger partial charge in [0.25, 0.3) is 0 Å². The van der Waals surface area contributed by atoms with Crippen molar-refractivity contribution in [1.82, 2.24) is 0 Å². The Balaban J connectivity index is 2.33. The number of ether oxygens (including phenoxy) is 3. The third-order valence-corrected chi connectivity index (χ3v) is 5.55. The molecule has 0 heterocycles. The molecule has 0 amide bonds. The molecule has 34 heavy (non-hydrogen) atoms. The van der Waals surface area contributed by atoms with Crippen molar-refractivity contribution in [2.24, 2.45) is 0 Å². The minimum atomic E-state index is -0.176. The molecule has 0 saturated heterocycles. The molecule has 2 aromatic rings. The fourth-order valence-electron chi connectivity index (χ4n) is 3.56. The lowest BCUT2D eigenvalue weighted by atomic mass is 10.1. The van der Waals surface area contributed by atoms with Crippen LogP contribution in [-0.2, 0) is 4.74 Å². The van der Waals surface area contributed by atoms with Crippen molar-refractivity contribution in [2.75, 3.05) is 19.8 Å². The third-order valence-electron chi connectivity index (χ3n) is 5.55. The first-order valence-corrected chi connectivity index (χ1v) is 13.0. The first-order valence-electron chi connectivity index (χ1n) is 13.0. The molecule has 0 saturated carbocycles. The second-order valence-electron chi connectivity index (χ2n) is 8.55. The highest BCUT2D eigenvalue weighted by Gasteiger charge is 2.22. The minimum absolute atomic E-state index is 0.176. The van der Waals surface area contributed by atoms with Gasteiger partial charge in [-0.2, -0.15) is 0 Å². The van der Waals surface area contributed by atoms with Crippen LogP contribution < -0.4 is 9.47 Å². The molecule has 4 heteroatoms. The van der Waals surface area contributed by atoms with Crippen LogP contribution in [0.5, 0.6) is 11.5 Å². The number of carbonyl (C=O) groups excluding carboxylic acids is 1. The number of rotatable bonds is 18. The van der Waals surface area contributed by atoms with Crippen LogP contribution in [0.4, 0.5) is 0 Å². The van der Waals surface area contributed by atoms with Crippen LogP contribution in [0.15, 0.2) is 54.3 Å². The van der Waals surface area contributed by atoms with Crippen LogP contribution in [-0.4, -0.2) is 25.6 Å². The third kappa shape index (κ3) is 9.62. The molecule has 0 aliphatic rings. The number of carbonyl (C=O) groups is 1. The number of unbranched alkanes of at least 4 members (excludes halogenated alkanes) is 6. The minimum Gasteiger partial charge on any atom is -0.490 e. The van der Waals surface area contributed by atoms with Gasteiger partial charge in [0.05, 0.1) is 25.4 Å². The molecule has 0 bridgehead atoms. The van der Waals surface area contributed by atoms with E-state index in [0.29, 0.717) is 42.6 Å². The van der Waals surface area contributed by atoms with Crippen molar-refractivity contribution in [1.29, 1.82) is 0 Å². The van der Waals surface area contributed by atoms with Gasteiger partial charge < -0.3 is 14.2 Å². The van der Waals surface area contributed by atoms with Crippen molar-refractivity contribution < 1.29 is 19.0 Å². The molecular formula is C30H42O4. The Labute approximate surface area is 206 Å². The quantitative estimate of drug-likeness (QED) is 0.0960. The van der Waals surface area contributed by atoms with Gasteiger partial charge in [0, 0.05) is 0 Å². The zero-order chi connectivity index (χ0) is 24.4. The van der Waals surface area contributed by atoms with Crippen molar-refractivity contribution in [3.05, 3.63) is 65.4 Å². The molecule has 0 radical (unpaired) electrons. The Morgan fingerprint density at radius 2 is 1.32 bits per heavy atom. The van der Waals surface area contributed by atoms with Gasteiger partial charge in [-0.3, -0.25) is 4.79 Å². The Morgan fingerprint density at radius 1 is 0.706 bits per heavy atom. The lowest BCUT2D eigenvalue weighted by Gasteiger charge is -2.17. The van der Waals surface area contributed by atoms with Gasteiger partial charge in [0.2, 0.25) is 5.78 Å². The van der Waals surface area contributed by atoms with Crippen LogP contribution in [0.25, 0.3) is 6.08 Å². The number of ketones is 1. The summed E-state index contributed by atoms with van der Waals surface area (Å²) in [7, 11) is 0. The maximum absolute atomic E-state index is 13.7. The molecule has 4 nitrogen and oxygen atoms in total. The van der Waals surface area contributed by atoms with Crippen LogP contribution in [0.2, 0.25) is 0 Å². The van der Waals surface area contributed by atoms with Crippen LogP contribution >= 0.6 is 0 Å². The van der Waals surface area contributed by atoms with Crippen molar-refractivity contribution in [3.8, 4) is 11.5 Å². The molecule has 0 aliphatic carbocycles. The molecule has 186 valence electrons. The van der Waals surface area contributed by atoms with Gasteiger partial charge in [0.1, 0.15) is 0 Å². The van der Waals surface area contributed by atoms with E-state index in [1.807, 2.05) is 54.6 Å². The van der Waals surface area contributed by atoms with E-state index < -0.39 is 0 Å². The molecule has 2 aromatic carbocycles. The highest BCUT2D eigenvalue weighted by molar-refractivity contribution is 6.12. The fraction of sp³-hybridized carbons (Fsp3) is 0.500. The lowest BCUT2D eigenvalue weighted by Crippen LogP contribution is -2.12. The van der Waals surface area contributed by atoms with E-state index in [0.717, 1.165) is 63.4 Å². The van der Waals surface area contributed by atoms with Gasteiger partial charge in [-0.05, 0) is 43.0 Å². The number of hydrogen-bond acceptors (Lipinski definition) is 4. The van der Waals surface area contributed by atoms with Gasteiger partial charge in [0.15, 0.2) is 17.3 Å². The molecule has 0 aromatic heterocycles. The highest BCUT2D eigenvalue weighted by atomic mass is 16.5. The molecule has 0 spiro atoms. The van der Waals surface area contributed by atoms with Gasteiger partial charge in [-0.1, -0.05) is 95.7 Å². The van der Waals surface area contributed by atoms with E-state index in [4.69, 9.17) is 14.2 Å². The van der Waals surface area contributed by atoms with E-state index in [1.165, 1.54) is 0 Å². The maximum atomic E-state index is 13.7.